The molecule has 5 heteroatoms. The average Bonchev–Trinajstić information content (AvgIpc) is 3.22. The van der Waals surface area contributed by atoms with E-state index in [0.717, 1.165) is 29.8 Å². The highest BCUT2D eigenvalue weighted by Gasteiger charge is 2.30. The van der Waals surface area contributed by atoms with Crippen molar-refractivity contribution in [2.45, 2.75) is 32.6 Å². The van der Waals surface area contributed by atoms with Crippen molar-refractivity contribution < 1.29 is 4.79 Å². The van der Waals surface area contributed by atoms with Crippen LogP contribution in [0, 0.1) is 5.92 Å². The molecule has 0 radical (unpaired) electrons. The van der Waals surface area contributed by atoms with E-state index in [4.69, 9.17) is 0 Å². The van der Waals surface area contributed by atoms with Gasteiger partial charge in [0.25, 0.3) is 0 Å². The van der Waals surface area contributed by atoms with Gasteiger partial charge in [-0.2, -0.15) is 0 Å². The zero-order valence-electron chi connectivity index (χ0n) is 12.6. The standard InChI is InChI=1S/C16H20N4O/c1-10(2)12-8-14(19-16(21)11-4-5-11)18-9-13(12)15-17-6-7-20(15)3/h6-11H,4-5H2,1-3H3,(H,18,19,21). The van der Waals surface area contributed by atoms with E-state index in [9.17, 15) is 4.79 Å². The molecular formula is C16H20N4O. The largest absolute Gasteiger partial charge is 0.334 e. The molecule has 21 heavy (non-hydrogen) atoms. The van der Waals surface area contributed by atoms with Crippen molar-refractivity contribution >= 4 is 11.7 Å². The lowest BCUT2D eigenvalue weighted by Gasteiger charge is -2.14. The van der Waals surface area contributed by atoms with Gasteiger partial charge in [-0.05, 0) is 30.4 Å². The minimum absolute atomic E-state index is 0.0851. The van der Waals surface area contributed by atoms with E-state index in [1.807, 2.05) is 23.9 Å². The van der Waals surface area contributed by atoms with Gasteiger partial charge in [-0.3, -0.25) is 4.79 Å². The summed E-state index contributed by atoms with van der Waals surface area (Å²) >= 11 is 0. The Labute approximate surface area is 124 Å². The number of carbonyl (C=O) groups excluding carboxylic acids is 1. The quantitative estimate of drug-likeness (QED) is 0.939. The summed E-state index contributed by atoms with van der Waals surface area (Å²) in [6, 6.07) is 1.97. The van der Waals surface area contributed by atoms with E-state index in [-0.39, 0.29) is 11.8 Å². The number of amides is 1. The van der Waals surface area contributed by atoms with Crippen molar-refractivity contribution in [1.82, 2.24) is 14.5 Å². The molecule has 1 N–H and O–H groups in total. The van der Waals surface area contributed by atoms with E-state index in [0.29, 0.717) is 11.7 Å². The van der Waals surface area contributed by atoms with Gasteiger partial charge in [0.2, 0.25) is 5.91 Å². The highest BCUT2D eigenvalue weighted by molar-refractivity contribution is 5.93. The van der Waals surface area contributed by atoms with Gasteiger partial charge in [0.05, 0.1) is 0 Å². The number of hydrogen-bond donors (Lipinski definition) is 1. The molecule has 2 aromatic heterocycles. The minimum Gasteiger partial charge on any atom is -0.334 e. The summed E-state index contributed by atoms with van der Waals surface area (Å²) in [5.74, 6) is 2.13. The molecule has 0 unspecified atom stereocenters. The summed E-state index contributed by atoms with van der Waals surface area (Å²) in [6.07, 6.45) is 7.49. The predicted molar refractivity (Wildman–Crippen MR) is 81.9 cm³/mol. The van der Waals surface area contributed by atoms with Crippen LogP contribution in [0.25, 0.3) is 11.4 Å². The fourth-order valence-corrected chi connectivity index (χ4v) is 2.40. The average molecular weight is 284 g/mol. The van der Waals surface area contributed by atoms with Crippen molar-refractivity contribution in [2.24, 2.45) is 13.0 Å². The second-order valence-corrected chi connectivity index (χ2v) is 5.94. The van der Waals surface area contributed by atoms with Crippen LogP contribution in [0.4, 0.5) is 5.82 Å². The monoisotopic (exact) mass is 284 g/mol. The third-order valence-electron chi connectivity index (χ3n) is 3.82. The summed E-state index contributed by atoms with van der Waals surface area (Å²) in [4.78, 5) is 20.6. The first-order valence-corrected chi connectivity index (χ1v) is 7.34. The van der Waals surface area contributed by atoms with E-state index < -0.39 is 0 Å². The van der Waals surface area contributed by atoms with Gasteiger partial charge in [0.1, 0.15) is 11.6 Å². The van der Waals surface area contributed by atoms with Crippen molar-refractivity contribution in [3.63, 3.8) is 0 Å². The highest BCUT2D eigenvalue weighted by atomic mass is 16.2. The first kappa shape index (κ1) is 13.8. The van der Waals surface area contributed by atoms with Crippen LogP contribution >= 0.6 is 0 Å². The number of pyridine rings is 1. The molecule has 0 bridgehead atoms. The summed E-state index contributed by atoms with van der Waals surface area (Å²) in [7, 11) is 1.97. The van der Waals surface area contributed by atoms with Crippen LogP contribution in [-0.4, -0.2) is 20.4 Å². The highest BCUT2D eigenvalue weighted by Crippen LogP contribution is 2.32. The molecule has 1 aliphatic carbocycles. The molecule has 0 atom stereocenters. The first-order chi connectivity index (χ1) is 10.1. The van der Waals surface area contributed by atoms with Crippen LogP contribution in [0.3, 0.4) is 0 Å². The maximum atomic E-state index is 11.9. The Hall–Kier alpha value is -2.17. The fourth-order valence-electron chi connectivity index (χ4n) is 2.40. The zero-order chi connectivity index (χ0) is 15.0. The number of rotatable bonds is 4. The van der Waals surface area contributed by atoms with Crippen molar-refractivity contribution in [1.29, 1.82) is 0 Å². The van der Waals surface area contributed by atoms with E-state index in [1.54, 1.807) is 12.4 Å². The second kappa shape index (κ2) is 5.31. The summed E-state index contributed by atoms with van der Waals surface area (Å²) in [5, 5.41) is 2.91. The van der Waals surface area contributed by atoms with Crippen LogP contribution in [0.15, 0.2) is 24.7 Å². The predicted octanol–water partition coefficient (Wildman–Crippen LogP) is 2.95. The van der Waals surface area contributed by atoms with Gasteiger partial charge in [0, 0.05) is 37.1 Å². The lowest BCUT2D eigenvalue weighted by atomic mass is 9.98. The summed E-state index contributed by atoms with van der Waals surface area (Å²) in [6.45, 7) is 4.27. The Bertz CT molecular complexity index is 671. The molecule has 0 aliphatic heterocycles. The molecule has 0 spiro atoms. The van der Waals surface area contributed by atoms with Gasteiger partial charge < -0.3 is 9.88 Å². The summed E-state index contributed by atoms with van der Waals surface area (Å²) < 4.78 is 1.98. The smallest absolute Gasteiger partial charge is 0.228 e. The van der Waals surface area contributed by atoms with Crippen LogP contribution in [0.5, 0.6) is 0 Å². The molecule has 2 aromatic rings. The molecule has 2 heterocycles. The molecule has 5 nitrogen and oxygen atoms in total. The number of aryl methyl sites for hydroxylation is 1. The molecule has 110 valence electrons. The number of imidazole rings is 1. The first-order valence-electron chi connectivity index (χ1n) is 7.34. The van der Waals surface area contributed by atoms with Gasteiger partial charge in [-0.25, -0.2) is 9.97 Å². The van der Waals surface area contributed by atoms with Crippen LogP contribution < -0.4 is 5.32 Å². The number of aromatic nitrogens is 3. The lowest BCUT2D eigenvalue weighted by Crippen LogP contribution is -2.15. The van der Waals surface area contributed by atoms with E-state index in [1.165, 1.54) is 0 Å². The molecule has 3 rings (SSSR count). The molecule has 0 aromatic carbocycles. The van der Waals surface area contributed by atoms with Gasteiger partial charge in [-0.1, -0.05) is 13.8 Å². The van der Waals surface area contributed by atoms with Crippen LogP contribution in [0.1, 0.15) is 38.2 Å². The van der Waals surface area contributed by atoms with Crippen molar-refractivity contribution in [3.8, 4) is 11.4 Å². The number of hydrogen-bond acceptors (Lipinski definition) is 3. The minimum atomic E-state index is 0.0851. The molecule has 1 fully saturated rings. The van der Waals surface area contributed by atoms with E-state index >= 15 is 0 Å². The summed E-state index contributed by atoms with van der Waals surface area (Å²) in [5.41, 5.74) is 2.16. The zero-order valence-corrected chi connectivity index (χ0v) is 12.6. The van der Waals surface area contributed by atoms with Gasteiger partial charge in [-0.15, -0.1) is 0 Å². The fraction of sp³-hybridized carbons (Fsp3) is 0.438. The normalized spacial score (nSPS) is 14.5. The Morgan fingerprint density at radius 2 is 2.14 bits per heavy atom. The molecule has 1 aliphatic rings. The van der Waals surface area contributed by atoms with Crippen LogP contribution in [0.2, 0.25) is 0 Å². The van der Waals surface area contributed by atoms with Crippen molar-refractivity contribution in [3.05, 3.63) is 30.2 Å². The maximum Gasteiger partial charge on any atom is 0.228 e. The third-order valence-corrected chi connectivity index (χ3v) is 3.82. The Morgan fingerprint density at radius 3 is 2.71 bits per heavy atom. The Kier molecular flexibility index (Phi) is 3.49. The molecular weight excluding hydrogens is 264 g/mol. The number of carbonyl (C=O) groups is 1. The number of nitrogens with one attached hydrogen (secondary N) is 1. The van der Waals surface area contributed by atoms with Gasteiger partial charge in [0.15, 0.2) is 0 Å². The number of nitrogens with zero attached hydrogens (tertiary/aromatic N) is 3. The molecule has 0 saturated heterocycles. The second-order valence-electron chi connectivity index (χ2n) is 5.94. The topological polar surface area (TPSA) is 59.8 Å². The van der Waals surface area contributed by atoms with Crippen LogP contribution in [-0.2, 0) is 11.8 Å². The van der Waals surface area contributed by atoms with E-state index in [2.05, 4.69) is 29.1 Å². The Morgan fingerprint density at radius 1 is 1.38 bits per heavy atom. The van der Waals surface area contributed by atoms with Crippen molar-refractivity contribution in [2.75, 3.05) is 5.32 Å². The molecule has 1 amide bonds. The third kappa shape index (κ3) is 2.82. The maximum absolute atomic E-state index is 11.9. The Balaban J connectivity index is 1.94. The van der Waals surface area contributed by atoms with Gasteiger partial charge >= 0.3 is 0 Å². The SMILES string of the molecule is CC(C)c1cc(NC(=O)C2CC2)ncc1-c1nccn1C. The molecule has 1 saturated carbocycles. The lowest BCUT2D eigenvalue weighted by molar-refractivity contribution is -0.117. The number of anilines is 1.